The van der Waals surface area contributed by atoms with Crippen molar-refractivity contribution in [3.05, 3.63) is 57.3 Å². The number of carbonyl (C=O) groups is 1. The van der Waals surface area contributed by atoms with E-state index in [2.05, 4.69) is 4.99 Å². The number of sulfonamides is 1. The molecule has 0 aliphatic carbocycles. The molecular weight excluding hydrogens is 465 g/mol. The summed E-state index contributed by atoms with van der Waals surface area (Å²) < 4.78 is 29.7. The van der Waals surface area contributed by atoms with E-state index < -0.39 is 15.9 Å². The third-order valence-electron chi connectivity index (χ3n) is 5.17. The number of amides is 1. The summed E-state index contributed by atoms with van der Waals surface area (Å²) in [4.78, 5) is 17.9. The fraction of sp³-hybridized carbons (Fsp3) is 0.300. The number of fused-ring (bicyclic) bond motifs is 1. The van der Waals surface area contributed by atoms with Gasteiger partial charge < -0.3 is 4.57 Å². The number of nitrogens with zero attached hydrogens (tertiary/aromatic N) is 3. The van der Waals surface area contributed by atoms with Crippen LogP contribution in [0.4, 0.5) is 0 Å². The van der Waals surface area contributed by atoms with Crippen molar-refractivity contribution in [1.29, 1.82) is 0 Å². The zero-order valence-corrected chi connectivity index (χ0v) is 19.2. The van der Waals surface area contributed by atoms with Crippen LogP contribution in [0.1, 0.15) is 12.8 Å². The SMILES string of the molecule is Cn1c(=NC(=O)C2CCCN(S(=O)(=O)c3ccccc3)C2)sc2c(Cl)ccc(Cl)c21. The number of halogens is 2. The molecule has 6 nitrogen and oxygen atoms in total. The summed E-state index contributed by atoms with van der Waals surface area (Å²) in [6.45, 7) is 0.512. The van der Waals surface area contributed by atoms with Crippen molar-refractivity contribution < 1.29 is 13.2 Å². The highest BCUT2D eigenvalue weighted by molar-refractivity contribution is 7.89. The van der Waals surface area contributed by atoms with E-state index >= 15 is 0 Å². The Kier molecular flexibility index (Phi) is 6.05. The molecule has 1 unspecified atom stereocenters. The molecule has 10 heteroatoms. The summed E-state index contributed by atoms with van der Waals surface area (Å²) in [5, 5.41) is 1.07. The van der Waals surface area contributed by atoms with Crippen molar-refractivity contribution >= 4 is 60.7 Å². The van der Waals surface area contributed by atoms with Crippen LogP contribution in [0.15, 0.2) is 52.4 Å². The van der Waals surface area contributed by atoms with E-state index in [0.29, 0.717) is 34.2 Å². The Morgan fingerprint density at radius 2 is 1.83 bits per heavy atom. The van der Waals surface area contributed by atoms with Crippen molar-refractivity contribution in [2.45, 2.75) is 17.7 Å². The quantitative estimate of drug-likeness (QED) is 0.563. The Bertz CT molecular complexity index is 1280. The first-order valence-corrected chi connectivity index (χ1v) is 12.4. The van der Waals surface area contributed by atoms with E-state index in [4.69, 9.17) is 23.2 Å². The highest BCUT2D eigenvalue weighted by atomic mass is 35.5. The minimum absolute atomic E-state index is 0.121. The summed E-state index contributed by atoms with van der Waals surface area (Å²) in [6, 6.07) is 11.7. The summed E-state index contributed by atoms with van der Waals surface area (Å²) in [6.07, 6.45) is 1.20. The van der Waals surface area contributed by atoms with E-state index in [0.717, 1.165) is 10.2 Å². The molecule has 158 valence electrons. The third-order valence-corrected chi connectivity index (χ3v) is 8.95. The minimum Gasteiger partial charge on any atom is -0.318 e. The van der Waals surface area contributed by atoms with Gasteiger partial charge in [-0.2, -0.15) is 9.30 Å². The topological polar surface area (TPSA) is 71.7 Å². The molecule has 0 spiro atoms. The monoisotopic (exact) mass is 483 g/mol. The smallest absolute Gasteiger partial charge is 0.252 e. The minimum atomic E-state index is -3.64. The normalized spacial score (nSPS) is 18.8. The summed E-state index contributed by atoms with van der Waals surface area (Å²) in [5.74, 6) is -0.828. The van der Waals surface area contributed by atoms with E-state index in [9.17, 15) is 13.2 Å². The van der Waals surface area contributed by atoms with Gasteiger partial charge in [-0.25, -0.2) is 8.42 Å². The number of aromatic nitrogens is 1. The highest BCUT2D eigenvalue weighted by Gasteiger charge is 2.33. The number of hydrogen-bond acceptors (Lipinski definition) is 4. The highest BCUT2D eigenvalue weighted by Crippen LogP contribution is 2.31. The molecule has 1 amide bonds. The van der Waals surface area contributed by atoms with Gasteiger partial charge in [0.15, 0.2) is 4.80 Å². The predicted octanol–water partition coefficient (Wildman–Crippen LogP) is 4.07. The number of hydrogen-bond donors (Lipinski definition) is 0. The zero-order chi connectivity index (χ0) is 21.5. The molecule has 30 heavy (non-hydrogen) atoms. The van der Waals surface area contributed by atoms with Gasteiger partial charge in [0.25, 0.3) is 5.91 Å². The third kappa shape index (κ3) is 3.94. The zero-order valence-electron chi connectivity index (χ0n) is 16.1. The number of carbonyl (C=O) groups excluding carboxylic acids is 1. The molecular formula is C20H19Cl2N3O3S2. The first kappa shape index (κ1) is 21.5. The molecule has 2 aromatic carbocycles. The Hall–Kier alpha value is -1.71. The van der Waals surface area contributed by atoms with Gasteiger partial charge in [-0.1, -0.05) is 52.7 Å². The molecule has 0 N–H and O–H groups in total. The van der Waals surface area contributed by atoms with Crippen LogP contribution in [-0.2, 0) is 21.9 Å². The van der Waals surface area contributed by atoms with Crippen LogP contribution in [0.3, 0.4) is 0 Å². The molecule has 1 atom stereocenters. The second kappa shape index (κ2) is 8.43. The second-order valence-corrected chi connectivity index (χ2v) is 10.8. The lowest BCUT2D eigenvalue weighted by Gasteiger charge is -2.30. The van der Waals surface area contributed by atoms with Crippen molar-refractivity contribution in [3.8, 4) is 0 Å². The molecule has 1 saturated heterocycles. The fourth-order valence-corrected chi connectivity index (χ4v) is 6.78. The van der Waals surface area contributed by atoms with Crippen molar-refractivity contribution in [2.75, 3.05) is 13.1 Å². The van der Waals surface area contributed by atoms with Crippen molar-refractivity contribution in [2.24, 2.45) is 18.0 Å². The van der Waals surface area contributed by atoms with Gasteiger partial charge in [0.05, 0.1) is 31.1 Å². The van der Waals surface area contributed by atoms with Crippen LogP contribution in [-0.4, -0.2) is 36.3 Å². The van der Waals surface area contributed by atoms with Gasteiger partial charge in [-0.15, -0.1) is 0 Å². The first-order valence-electron chi connectivity index (χ1n) is 9.36. The molecule has 1 aliphatic rings. The number of thiazole rings is 1. The number of rotatable bonds is 3. The molecule has 1 aromatic heterocycles. The molecule has 0 bridgehead atoms. The molecule has 3 aromatic rings. The standard InChI is InChI=1S/C20H19Cl2N3O3S2/c1-24-17-15(21)9-10-16(22)18(17)29-20(24)23-19(26)13-6-5-11-25(12-13)30(27,28)14-7-3-2-4-8-14/h2-4,7-10,13H,5-6,11-12H2,1H3. The Morgan fingerprint density at radius 1 is 1.13 bits per heavy atom. The summed E-state index contributed by atoms with van der Waals surface area (Å²) >= 11 is 13.8. The van der Waals surface area contributed by atoms with Crippen LogP contribution < -0.4 is 4.80 Å². The molecule has 1 aliphatic heterocycles. The molecule has 0 saturated carbocycles. The van der Waals surface area contributed by atoms with E-state index in [-0.39, 0.29) is 17.3 Å². The Balaban J connectivity index is 1.63. The Morgan fingerprint density at radius 3 is 2.53 bits per heavy atom. The summed E-state index contributed by atoms with van der Waals surface area (Å²) in [7, 11) is -1.86. The van der Waals surface area contributed by atoms with E-state index in [1.807, 2.05) is 0 Å². The van der Waals surface area contributed by atoms with Crippen LogP contribution in [0, 0.1) is 5.92 Å². The second-order valence-electron chi connectivity index (χ2n) is 7.12. The molecule has 2 heterocycles. The lowest BCUT2D eigenvalue weighted by atomic mass is 9.99. The fourth-order valence-electron chi connectivity index (χ4n) is 3.57. The van der Waals surface area contributed by atoms with Crippen LogP contribution in [0.25, 0.3) is 10.2 Å². The maximum absolute atomic E-state index is 12.9. The van der Waals surface area contributed by atoms with Crippen molar-refractivity contribution in [3.63, 3.8) is 0 Å². The first-order chi connectivity index (χ1) is 14.3. The van der Waals surface area contributed by atoms with Crippen LogP contribution in [0.5, 0.6) is 0 Å². The average molecular weight is 484 g/mol. The number of piperidine rings is 1. The lowest BCUT2D eigenvalue weighted by molar-refractivity contribution is -0.122. The molecule has 0 radical (unpaired) electrons. The average Bonchev–Trinajstić information content (AvgIpc) is 3.09. The lowest BCUT2D eigenvalue weighted by Crippen LogP contribution is -2.42. The van der Waals surface area contributed by atoms with Gasteiger partial charge >= 0.3 is 0 Å². The predicted molar refractivity (Wildman–Crippen MR) is 119 cm³/mol. The Labute approximate surface area is 188 Å². The largest absolute Gasteiger partial charge is 0.318 e. The van der Waals surface area contributed by atoms with Gasteiger partial charge in [0.1, 0.15) is 0 Å². The number of benzene rings is 2. The van der Waals surface area contributed by atoms with Gasteiger partial charge in [-0.3, -0.25) is 4.79 Å². The maximum Gasteiger partial charge on any atom is 0.252 e. The summed E-state index contributed by atoms with van der Waals surface area (Å²) in [5.41, 5.74) is 0.720. The van der Waals surface area contributed by atoms with Gasteiger partial charge in [0, 0.05) is 20.1 Å². The molecule has 1 fully saturated rings. The van der Waals surface area contributed by atoms with Crippen LogP contribution in [0.2, 0.25) is 10.0 Å². The van der Waals surface area contributed by atoms with Gasteiger partial charge in [-0.05, 0) is 37.1 Å². The van der Waals surface area contributed by atoms with Gasteiger partial charge in [0.2, 0.25) is 10.0 Å². The molecule has 4 rings (SSSR count). The maximum atomic E-state index is 12.9. The van der Waals surface area contributed by atoms with Crippen molar-refractivity contribution in [1.82, 2.24) is 8.87 Å². The van der Waals surface area contributed by atoms with E-state index in [1.165, 1.54) is 15.6 Å². The number of aryl methyl sites for hydroxylation is 1. The van der Waals surface area contributed by atoms with Crippen LogP contribution >= 0.6 is 34.5 Å². The van der Waals surface area contributed by atoms with E-state index in [1.54, 1.807) is 54.1 Å².